The molecular formula is C16H19NO6. The van der Waals surface area contributed by atoms with Crippen LogP contribution in [0.5, 0.6) is 0 Å². The van der Waals surface area contributed by atoms with Crippen LogP contribution >= 0.6 is 0 Å². The predicted molar refractivity (Wildman–Crippen MR) is 83.3 cm³/mol. The van der Waals surface area contributed by atoms with Crippen LogP contribution in [0.4, 0.5) is 5.69 Å². The second-order valence-electron chi connectivity index (χ2n) is 5.72. The van der Waals surface area contributed by atoms with E-state index in [4.69, 9.17) is 14.3 Å². The van der Waals surface area contributed by atoms with Crippen LogP contribution in [0.2, 0.25) is 0 Å². The lowest BCUT2D eigenvalue weighted by Gasteiger charge is -2.41. The average Bonchev–Trinajstić information content (AvgIpc) is 2.54. The summed E-state index contributed by atoms with van der Waals surface area (Å²) in [6.45, 7) is 1.38. The molecule has 0 bridgehead atoms. The fourth-order valence-corrected chi connectivity index (χ4v) is 2.85. The largest absolute Gasteiger partial charge is 0.423 e. The van der Waals surface area contributed by atoms with Crippen molar-refractivity contribution in [3.8, 4) is 0 Å². The zero-order valence-electron chi connectivity index (χ0n) is 12.5. The molecule has 1 saturated heterocycles. The van der Waals surface area contributed by atoms with Gasteiger partial charge >= 0.3 is 5.63 Å². The highest BCUT2D eigenvalue weighted by atomic mass is 16.5. The molecule has 1 aliphatic heterocycles. The first-order chi connectivity index (χ1) is 11.0. The van der Waals surface area contributed by atoms with Crippen LogP contribution in [0.1, 0.15) is 6.92 Å². The van der Waals surface area contributed by atoms with Gasteiger partial charge in [0.05, 0.1) is 18.8 Å². The smallest absolute Gasteiger partial charge is 0.336 e. The van der Waals surface area contributed by atoms with Gasteiger partial charge in [-0.1, -0.05) is 0 Å². The third-order valence-electron chi connectivity index (χ3n) is 4.13. The molecule has 2 heterocycles. The molecule has 0 amide bonds. The van der Waals surface area contributed by atoms with E-state index in [-0.39, 0.29) is 6.61 Å². The van der Waals surface area contributed by atoms with Gasteiger partial charge in [0.2, 0.25) is 0 Å². The number of fused-ring (bicyclic) bond motifs is 1. The van der Waals surface area contributed by atoms with Gasteiger partial charge in [-0.05, 0) is 25.1 Å². The van der Waals surface area contributed by atoms with E-state index in [0.29, 0.717) is 11.3 Å². The maximum absolute atomic E-state index is 11.3. The number of rotatable bonds is 3. The third-order valence-corrected chi connectivity index (χ3v) is 4.13. The van der Waals surface area contributed by atoms with Crippen molar-refractivity contribution in [2.75, 3.05) is 11.9 Å². The molecule has 4 N–H and O–H groups in total. The molecule has 0 saturated carbocycles. The summed E-state index contributed by atoms with van der Waals surface area (Å²) in [7, 11) is 0. The summed E-state index contributed by atoms with van der Waals surface area (Å²) in [5, 5.41) is 33.3. The average molecular weight is 321 g/mol. The van der Waals surface area contributed by atoms with Crippen molar-refractivity contribution in [3.63, 3.8) is 0 Å². The first-order valence-corrected chi connectivity index (χ1v) is 7.42. The Morgan fingerprint density at radius 3 is 2.65 bits per heavy atom. The second kappa shape index (κ2) is 6.29. The van der Waals surface area contributed by atoms with Crippen molar-refractivity contribution in [2.45, 2.75) is 37.4 Å². The Morgan fingerprint density at radius 1 is 1.17 bits per heavy atom. The van der Waals surface area contributed by atoms with Gasteiger partial charge in [-0.3, -0.25) is 0 Å². The van der Waals surface area contributed by atoms with Crippen molar-refractivity contribution in [1.82, 2.24) is 0 Å². The summed E-state index contributed by atoms with van der Waals surface area (Å²) in [5.41, 5.74) is 0.612. The van der Waals surface area contributed by atoms with E-state index in [0.717, 1.165) is 5.39 Å². The molecule has 0 spiro atoms. The van der Waals surface area contributed by atoms with E-state index in [2.05, 4.69) is 5.32 Å². The SMILES string of the molecule is CC1OC(CO)C(O)C(O)C1Nc1ccc2ccc(=O)oc2c1. The Hall–Kier alpha value is -1.93. The number of hydrogen-bond acceptors (Lipinski definition) is 7. The molecule has 1 aromatic carbocycles. The Kier molecular flexibility index (Phi) is 4.36. The summed E-state index contributed by atoms with van der Waals surface area (Å²) >= 11 is 0. The van der Waals surface area contributed by atoms with Gasteiger partial charge < -0.3 is 29.8 Å². The standard InChI is InChI=1S/C16H19NO6/c1-8-14(16(21)15(20)12(7-18)22-8)17-10-4-2-9-3-5-13(19)23-11(9)6-10/h2-6,8,12,14-18,20-21H,7H2,1H3. The molecule has 5 unspecified atom stereocenters. The summed E-state index contributed by atoms with van der Waals surface area (Å²) in [6.07, 6.45) is -3.53. The summed E-state index contributed by atoms with van der Waals surface area (Å²) < 4.78 is 10.6. The number of aliphatic hydroxyl groups is 3. The highest BCUT2D eigenvalue weighted by molar-refractivity contribution is 5.80. The topological polar surface area (TPSA) is 112 Å². The minimum absolute atomic E-state index is 0.365. The van der Waals surface area contributed by atoms with E-state index in [9.17, 15) is 15.0 Å². The van der Waals surface area contributed by atoms with E-state index in [1.165, 1.54) is 6.07 Å². The molecule has 1 fully saturated rings. The van der Waals surface area contributed by atoms with Crippen molar-refractivity contribution < 1.29 is 24.5 Å². The van der Waals surface area contributed by atoms with E-state index in [1.54, 1.807) is 31.2 Å². The molecule has 124 valence electrons. The molecule has 2 aromatic rings. The third kappa shape index (κ3) is 3.09. The minimum atomic E-state index is -1.19. The van der Waals surface area contributed by atoms with Gasteiger partial charge in [0, 0.05) is 23.2 Å². The number of hydrogen-bond donors (Lipinski definition) is 4. The van der Waals surface area contributed by atoms with Gasteiger partial charge in [-0.15, -0.1) is 0 Å². The fourth-order valence-electron chi connectivity index (χ4n) is 2.85. The van der Waals surface area contributed by atoms with Gasteiger partial charge in [-0.25, -0.2) is 4.79 Å². The molecule has 1 aromatic heterocycles. The highest BCUT2D eigenvalue weighted by Crippen LogP contribution is 2.25. The Labute approximate surface area is 132 Å². The van der Waals surface area contributed by atoms with Gasteiger partial charge in [-0.2, -0.15) is 0 Å². The Morgan fingerprint density at radius 2 is 1.91 bits per heavy atom. The number of ether oxygens (including phenoxy) is 1. The minimum Gasteiger partial charge on any atom is -0.423 e. The van der Waals surface area contributed by atoms with Crippen LogP contribution in [-0.2, 0) is 4.74 Å². The maximum Gasteiger partial charge on any atom is 0.336 e. The summed E-state index contributed by atoms with van der Waals surface area (Å²) in [5.74, 6) is 0. The molecule has 7 heteroatoms. The van der Waals surface area contributed by atoms with Crippen molar-refractivity contribution in [2.24, 2.45) is 0 Å². The van der Waals surface area contributed by atoms with E-state index < -0.39 is 36.1 Å². The summed E-state index contributed by atoms with van der Waals surface area (Å²) in [4.78, 5) is 11.3. The molecule has 23 heavy (non-hydrogen) atoms. The van der Waals surface area contributed by atoms with Crippen LogP contribution in [0.15, 0.2) is 39.5 Å². The second-order valence-corrected chi connectivity index (χ2v) is 5.72. The maximum atomic E-state index is 11.3. The quantitative estimate of drug-likeness (QED) is 0.592. The lowest BCUT2D eigenvalue weighted by Crippen LogP contribution is -2.60. The van der Waals surface area contributed by atoms with Crippen molar-refractivity contribution in [3.05, 3.63) is 40.8 Å². The van der Waals surface area contributed by atoms with Crippen LogP contribution < -0.4 is 10.9 Å². The highest BCUT2D eigenvalue weighted by Gasteiger charge is 2.42. The molecule has 0 aliphatic carbocycles. The first kappa shape index (κ1) is 15.9. The van der Waals surface area contributed by atoms with Crippen LogP contribution in [0, 0.1) is 0 Å². The zero-order chi connectivity index (χ0) is 16.6. The van der Waals surface area contributed by atoms with E-state index in [1.807, 2.05) is 0 Å². The van der Waals surface area contributed by atoms with E-state index >= 15 is 0 Å². The molecule has 5 atom stereocenters. The van der Waals surface area contributed by atoms with Crippen LogP contribution in [0.3, 0.4) is 0 Å². The van der Waals surface area contributed by atoms with Crippen molar-refractivity contribution in [1.29, 1.82) is 0 Å². The first-order valence-electron chi connectivity index (χ1n) is 7.42. The molecule has 3 rings (SSSR count). The number of nitrogens with one attached hydrogen (secondary N) is 1. The fraction of sp³-hybridized carbons (Fsp3) is 0.438. The van der Waals surface area contributed by atoms with Crippen LogP contribution in [-0.4, -0.2) is 52.4 Å². The number of benzene rings is 1. The molecule has 7 nitrogen and oxygen atoms in total. The molecule has 0 radical (unpaired) electrons. The monoisotopic (exact) mass is 321 g/mol. The van der Waals surface area contributed by atoms with Gasteiger partial charge in [0.1, 0.15) is 23.9 Å². The summed E-state index contributed by atoms with van der Waals surface area (Å²) in [6, 6.07) is 7.67. The lowest BCUT2D eigenvalue weighted by molar-refractivity contribution is -0.180. The number of anilines is 1. The predicted octanol–water partition coefficient (Wildman–Crippen LogP) is 0.0749. The van der Waals surface area contributed by atoms with Crippen molar-refractivity contribution >= 4 is 16.7 Å². The van der Waals surface area contributed by atoms with Crippen LogP contribution in [0.25, 0.3) is 11.0 Å². The van der Waals surface area contributed by atoms with Gasteiger partial charge in [0.25, 0.3) is 0 Å². The molecular weight excluding hydrogens is 302 g/mol. The normalized spacial score (nSPS) is 31.2. The zero-order valence-corrected chi connectivity index (χ0v) is 12.5. The Balaban J connectivity index is 1.84. The number of aliphatic hydroxyl groups excluding tert-OH is 3. The van der Waals surface area contributed by atoms with Gasteiger partial charge in [0.15, 0.2) is 0 Å². The lowest BCUT2D eigenvalue weighted by atomic mass is 9.93. The molecule has 1 aliphatic rings. The Bertz CT molecular complexity index is 745.